The molecule has 2 unspecified atom stereocenters. The third-order valence-corrected chi connectivity index (χ3v) is 3.88. The number of halogens is 4. The number of carbonyl (C=O) groups excluding carboxylic acids is 1. The second-order valence-corrected chi connectivity index (χ2v) is 5.58. The zero-order valence-corrected chi connectivity index (χ0v) is 14.2. The van der Waals surface area contributed by atoms with Gasteiger partial charge < -0.3 is 15.4 Å². The molecule has 1 aliphatic rings. The minimum atomic E-state index is -4.46. The lowest BCUT2D eigenvalue weighted by atomic mass is 10.1. The number of carbonyl (C=O) groups is 1. The van der Waals surface area contributed by atoms with E-state index < -0.39 is 17.8 Å². The van der Waals surface area contributed by atoms with Gasteiger partial charge in [-0.25, -0.2) is 0 Å². The fourth-order valence-electron chi connectivity index (χ4n) is 2.49. The normalized spacial score (nSPS) is 18.6. The Morgan fingerprint density at radius 3 is 2.71 bits per heavy atom. The molecule has 0 spiro atoms. The molecule has 2 atom stereocenters. The first-order valence-electron chi connectivity index (χ1n) is 7.73. The highest BCUT2D eigenvalue weighted by Crippen LogP contribution is 2.36. The Morgan fingerprint density at radius 2 is 2.12 bits per heavy atom. The molecule has 1 amide bonds. The maximum Gasteiger partial charge on any atom is 0.419 e. The smallest absolute Gasteiger partial charge is 0.419 e. The highest BCUT2D eigenvalue weighted by molar-refractivity contribution is 5.85. The van der Waals surface area contributed by atoms with E-state index in [0.29, 0.717) is 13.0 Å². The van der Waals surface area contributed by atoms with Gasteiger partial charge in [0.05, 0.1) is 18.0 Å². The summed E-state index contributed by atoms with van der Waals surface area (Å²) in [5.74, 6) is -0.361. The van der Waals surface area contributed by atoms with E-state index in [1.165, 1.54) is 18.2 Å². The molecule has 0 bridgehead atoms. The van der Waals surface area contributed by atoms with Crippen LogP contribution in [0.15, 0.2) is 24.3 Å². The summed E-state index contributed by atoms with van der Waals surface area (Å²) in [7, 11) is 0. The van der Waals surface area contributed by atoms with Crippen molar-refractivity contribution in [3.05, 3.63) is 29.8 Å². The van der Waals surface area contributed by atoms with Crippen LogP contribution in [0.5, 0.6) is 5.75 Å². The van der Waals surface area contributed by atoms with Crippen molar-refractivity contribution >= 4 is 18.3 Å². The molecule has 0 aromatic heterocycles. The molecule has 2 rings (SSSR count). The Morgan fingerprint density at radius 1 is 1.42 bits per heavy atom. The summed E-state index contributed by atoms with van der Waals surface area (Å²) in [6.45, 7) is 3.45. The van der Waals surface area contributed by atoms with Crippen LogP contribution >= 0.6 is 12.4 Å². The molecule has 1 aliphatic heterocycles. The van der Waals surface area contributed by atoms with Gasteiger partial charge in [-0.15, -0.1) is 12.4 Å². The zero-order chi connectivity index (χ0) is 16.9. The lowest BCUT2D eigenvalue weighted by Crippen LogP contribution is -2.39. The number of benzene rings is 1. The lowest BCUT2D eigenvalue weighted by molar-refractivity contribution is -0.139. The molecule has 1 fully saturated rings. The van der Waals surface area contributed by atoms with Crippen LogP contribution < -0.4 is 15.4 Å². The third kappa shape index (κ3) is 5.56. The third-order valence-electron chi connectivity index (χ3n) is 3.88. The number of para-hydroxylation sites is 1. The second kappa shape index (κ2) is 9.13. The van der Waals surface area contributed by atoms with Crippen LogP contribution in [0.1, 0.15) is 25.3 Å². The van der Waals surface area contributed by atoms with Gasteiger partial charge in [0.2, 0.25) is 5.91 Å². The molecule has 1 heterocycles. The standard InChI is InChI=1S/C16H21F3N2O2.ClH/c1-2-12(10-21-15(22)11-7-8-20-9-11)23-14-6-4-3-5-13(14)16(17,18)19;/h3-6,11-12,20H,2,7-10H2,1H3,(H,21,22);1H. The monoisotopic (exact) mass is 366 g/mol. The molecule has 0 aliphatic carbocycles. The molecule has 4 nitrogen and oxygen atoms in total. The number of amides is 1. The second-order valence-electron chi connectivity index (χ2n) is 5.58. The van der Waals surface area contributed by atoms with Crippen molar-refractivity contribution in [1.29, 1.82) is 0 Å². The van der Waals surface area contributed by atoms with E-state index in [-0.39, 0.29) is 36.5 Å². The van der Waals surface area contributed by atoms with Gasteiger partial charge in [0.1, 0.15) is 11.9 Å². The summed E-state index contributed by atoms with van der Waals surface area (Å²) in [5.41, 5.74) is -0.801. The predicted octanol–water partition coefficient (Wildman–Crippen LogP) is 3.01. The average Bonchev–Trinajstić information content (AvgIpc) is 3.05. The van der Waals surface area contributed by atoms with Gasteiger partial charge in [0, 0.05) is 6.54 Å². The van der Waals surface area contributed by atoms with Gasteiger partial charge in [-0.05, 0) is 31.5 Å². The van der Waals surface area contributed by atoms with Gasteiger partial charge in [-0.1, -0.05) is 19.1 Å². The van der Waals surface area contributed by atoms with Crippen molar-refractivity contribution < 1.29 is 22.7 Å². The van der Waals surface area contributed by atoms with E-state index in [1.807, 2.05) is 6.92 Å². The van der Waals surface area contributed by atoms with Crippen LogP contribution in [0, 0.1) is 5.92 Å². The first-order chi connectivity index (χ1) is 10.9. The van der Waals surface area contributed by atoms with E-state index in [0.717, 1.165) is 19.0 Å². The van der Waals surface area contributed by atoms with Crippen LogP contribution in [0.25, 0.3) is 0 Å². The van der Waals surface area contributed by atoms with Gasteiger partial charge in [0.25, 0.3) is 0 Å². The maximum atomic E-state index is 13.0. The predicted molar refractivity (Wildman–Crippen MR) is 87.4 cm³/mol. The first-order valence-corrected chi connectivity index (χ1v) is 7.73. The van der Waals surface area contributed by atoms with Crippen molar-refractivity contribution in [3.63, 3.8) is 0 Å². The molecular formula is C16H22ClF3N2O2. The van der Waals surface area contributed by atoms with Crippen LogP contribution in [0.2, 0.25) is 0 Å². The van der Waals surface area contributed by atoms with Crippen LogP contribution in [0.4, 0.5) is 13.2 Å². The number of nitrogens with one attached hydrogen (secondary N) is 2. The van der Waals surface area contributed by atoms with E-state index in [4.69, 9.17) is 4.74 Å². The van der Waals surface area contributed by atoms with Crippen LogP contribution in [0.3, 0.4) is 0 Å². The molecular weight excluding hydrogens is 345 g/mol. The molecule has 1 aromatic rings. The number of hydrogen-bond acceptors (Lipinski definition) is 3. The lowest BCUT2D eigenvalue weighted by Gasteiger charge is -2.21. The summed E-state index contributed by atoms with van der Waals surface area (Å²) in [5, 5.41) is 5.87. The van der Waals surface area contributed by atoms with Crippen molar-refractivity contribution in [2.75, 3.05) is 19.6 Å². The van der Waals surface area contributed by atoms with Crippen LogP contribution in [-0.2, 0) is 11.0 Å². The summed E-state index contributed by atoms with van der Waals surface area (Å²) in [4.78, 5) is 12.0. The van der Waals surface area contributed by atoms with Crippen molar-refractivity contribution in [2.24, 2.45) is 5.92 Å². The Balaban J connectivity index is 0.00000288. The van der Waals surface area contributed by atoms with E-state index in [9.17, 15) is 18.0 Å². The number of ether oxygens (including phenoxy) is 1. The SMILES string of the molecule is CCC(CNC(=O)C1CCNC1)Oc1ccccc1C(F)(F)F.Cl. The van der Waals surface area contributed by atoms with Crippen molar-refractivity contribution in [1.82, 2.24) is 10.6 Å². The summed E-state index contributed by atoms with van der Waals surface area (Å²) in [6.07, 6.45) is -3.69. The summed E-state index contributed by atoms with van der Waals surface area (Å²) >= 11 is 0. The molecule has 8 heteroatoms. The van der Waals surface area contributed by atoms with Crippen molar-refractivity contribution in [3.8, 4) is 5.75 Å². The number of alkyl halides is 3. The molecule has 2 N–H and O–H groups in total. The highest BCUT2D eigenvalue weighted by Gasteiger charge is 2.34. The van der Waals surface area contributed by atoms with Gasteiger partial charge >= 0.3 is 6.18 Å². The molecule has 1 aromatic carbocycles. The van der Waals surface area contributed by atoms with Crippen molar-refractivity contribution in [2.45, 2.75) is 32.0 Å². The Kier molecular flexibility index (Phi) is 7.83. The largest absolute Gasteiger partial charge is 0.488 e. The van der Waals surface area contributed by atoms with Gasteiger partial charge in [0.15, 0.2) is 0 Å². The molecule has 0 saturated carbocycles. The molecule has 0 radical (unpaired) electrons. The summed E-state index contributed by atoms with van der Waals surface area (Å²) in [6, 6.07) is 5.12. The number of rotatable bonds is 6. The fourth-order valence-corrected chi connectivity index (χ4v) is 2.49. The zero-order valence-electron chi connectivity index (χ0n) is 13.4. The minimum absolute atomic E-state index is 0. The van der Waals surface area contributed by atoms with E-state index in [2.05, 4.69) is 10.6 Å². The maximum absolute atomic E-state index is 13.0. The molecule has 1 saturated heterocycles. The minimum Gasteiger partial charge on any atom is -0.488 e. The topological polar surface area (TPSA) is 50.4 Å². The summed E-state index contributed by atoms with van der Waals surface area (Å²) < 4.78 is 44.4. The molecule has 136 valence electrons. The Bertz CT molecular complexity index is 534. The Hall–Kier alpha value is -1.47. The Labute approximate surface area is 145 Å². The van der Waals surface area contributed by atoms with E-state index in [1.54, 1.807) is 0 Å². The fraction of sp³-hybridized carbons (Fsp3) is 0.562. The first kappa shape index (κ1) is 20.6. The quantitative estimate of drug-likeness (QED) is 0.813. The molecule has 24 heavy (non-hydrogen) atoms. The average molecular weight is 367 g/mol. The van der Waals surface area contributed by atoms with Gasteiger partial charge in [-0.2, -0.15) is 13.2 Å². The number of hydrogen-bond donors (Lipinski definition) is 2. The highest BCUT2D eigenvalue weighted by atomic mass is 35.5. The van der Waals surface area contributed by atoms with E-state index >= 15 is 0 Å². The van der Waals surface area contributed by atoms with Crippen LogP contribution in [-0.4, -0.2) is 31.6 Å². The van der Waals surface area contributed by atoms with Gasteiger partial charge in [-0.3, -0.25) is 4.79 Å².